The third-order valence-electron chi connectivity index (χ3n) is 1.09. The van der Waals surface area contributed by atoms with E-state index in [4.69, 9.17) is 9.78 Å². The summed E-state index contributed by atoms with van der Waals surface area (Å²) in [7, 11) is 0. The number of nitrogens with zero attached hydrogens (tertiary/aromatic N) is 3. The monoisotopic (exact) mass is 137 g/mol. The maximum absolute atomic E-state index is 8.18. The van der Waals surface area contributed by atoms with Crippen LogP contribution in [0, 0.1) is 11.3 Å². The van der Waals surface area contributed by atoms with Gasteiger partial charge >= 0.3 is 0 Å². The van der Waals surface area contributed by atoms with E-state index < -0.39 is 0 Å². The smallest absolute Gasteiger partial charge is 0.226 e. The van der Waals surface area contributed by atoms with E-state index in [1.54, 1.807) is 0 Å². The van der Waals surface area contributed by atoms with Gasteiger partial charge in [0.2, 0.25) is 5.89 Å². The average molecular weight is 137 g/mol. The van der Waals surface area contributed by atoms with Crippen molar-refractivity contribution < 1.29 is 4.52 Å². The predicted octanol–water partition coefficient (Wildman–Crippen LogP) is 0.916. The van der Waals surface area contributed by atoms with Crippen LogP contribution in [0.1, 0.15) is 18.7 Å². The molecule has 52 valence electrons. The van der Waals surface area contributed by atoms with Crippen molar-refractivity contribution in [2.75, 3.05) is 0 Å². The molecule has 0 aliphatic heterocycles. The van der Waals surface area contributed by atoms with Crippen LogP contribution in [-0.4, -0.2) is 10.1 Å². The highest BCUT2D eigenvalue weighted by Gasteiger charge is 1.96. The highest BCUT2D eigenvalue weighted by molar-refractivity contribution is 4.77. The third-order valence-corrected chi connectivity index (χ3v) is 1.09. The van der Waals surface area contributed by atoms with Crippen molar-refractivity contribution in [3.8, 4) is 6.07 Å². The number of rotatable bonds is 3. The van der Waals surface area contributed by atoms with Gasteiger partial charge in [-0.3, -0.25) is 0 Å². The largest absolute Gasteiger partial charge is 0.340 e. The molecule has 0 unspecified atom stereocenters. The van der Waals surface area contributed by atoms with Crippen molar-refractivity contribution >= 4 is 0 Å². The molecule has 0 radical (unpaired) electrons. The van der Waals surface area contributed by atoms with Gasteiger partial charge in [0.15, 0.2) is 6.33 Å². The molecule has 10 heavy (non-hydrogen) atoms. The van der Waals surface area contributed by atoms with Gasteiger partial charge in [-0.1, -0.05) is 5.16 Å². The van der Waals surface area contributed by atoms with E-state index in [0.29, 0.717) is 18.7 Å². The minimum Gasteiger partial charge on any atom is -0.340 e. The van der Waals surface area contributed by atoms with Crippen LogP contribution in [0.4, 0.5) is 0 Å². The number of nitriles is 1. The van der Waals surface area contributed by atoms with E-state index in [1.807, 2.05) is 6.07 Å². The quantitative estimate of drug-likeness (QED) is 0.581. The first-order chi connectivity index (χ1) is 4.93. The molecular formula is C6H7N3O. The maximum atomic E-state index is 8.18. The molecule has 4 heteroatoms. The standard InChI is InChI=1S/C6H7N3O/c7-4-2-1-3-6-8-5-9-10-6/h5H,1-3H2. The van der Waals surface area contributed by atoms with E-state index >= 15 is 0 Å². The molecule has 0 atom stereocenters. The zero-order valence-corrected chi connectivity index (χ0v) is 5.45. The molecule has 1 aromatic rings. The summed E-state index contributed by atoms with van der Waals surface area (Å²) in [4.78, 5) is 3.80. The van der Waals surface area contributed by atoms with Crippen molar-refractivity contribution in [3.63, 3.8) is 0 Å². The molecule has 0 aliphatic rings. The first-order valence-corrected chi connectivity index (χ1v) is 3.06. The number of unbranched alkanes of at least 4 members (excludes halogenated alkanes) is 1. The van der Waals surface area contributed by atoms with Crippen molar-refractivity contribution in [2.24, 2.45) is 0 Å². The molecule has 0 aromatic carbocycles. The van der Waals surface area contributed by atoms with Crippen LogP contribution >= 0.6 is 0 Å². The van der Waals surface area contributed by atoms with Crippen molar-refractivity contribution in [3.05, 3.63) is 12.2 Å². The number of aryl methyl sites for hydroxylation is 1. The van der Waals surface area contributed by atoms with Crippen LogP contribution in [-0.2, 0) is 6.42 Å². The summed E-state index contributed by atoms with van der Waals surface area (Å²) in [5, 5.41) is 11.6. The molecule has 0 saturated heterocycles. The van der Waals surface area contributed by atoms with Gasteiger partial charge in [0.25, 0.3) is 0 Å². The molecule has 0 N–H and O–H groups in total. The minimum absolute atomic E-state index is 0.544. The number of aromatic nitrogens is 2. The molecule has 0 spiro atoms. The first kappa shape index (κ1) is 6.75. The van der Waals surface area contributed by atoms with Crippen LogP contribution in [0.3, 0.4) is 0 Å². The Morgan fingerprint density at radius 1 is 1.70 bits per heavy atom. The van der Waals surface area contributed by atoms with Crippen LogP contribution < -0.4 is 0 Å². The zero-order chi connectivity index (χ0) is 7.23. The van der Waals surface area contributed by atoms with Crippen LogP contribution in [0.25, 0.3) is 0 Å². The molecule has 0 fully saturated rings. The fourth-order valence-electron chi connectivity index (χ4n) is 0.625. The predicted molar refractivity (Wildman–Crippen MR) is 32.8 cm³/mol. The summed E-state index contributed by atoms with van der Waals surface area (Å²) in [5.41, 5.74) is 0. The Morgan fingerprint density at radius 3 is 3.20 bits per heavy atom. The van der Waals surface area contributed by atoms with Gasteiger partial charge < -0.3 is 4.52 Å². The normalized spacial score (nSPS) is 9.10. The van der Waals surface area contributed by atoms with Crippen LogP contribution in [0.2, 0.25) is 0 Å². The Kier molecular flexibility index (Phi) is 2.44. The van der Waals surface area contributed by atoms with Gasteiger partial charge in [0.1, 0.15) is 0 Å². The summed E-state index contributed by atoms with van der Waals surface area (Å²) >= 11 is 0. The Morgan fingerprint density at radius 2 is 2.60 bits per heavy atom. The lowest BCUT2D eigenvalue weighted by Gasteiger charge is -1.85. The van der Waals surface area contributed by atoms with Crippen molar-refractivity contribution in [2.45, 2.75) is 19.3 Å². The lowest BCUT2D eigenvalue weighted by molar-refractivity contribution is 0.375. The van der Waals surface area contributed by atoms with Gasteiger partial charge in [-0.25, -0.2) is 0 Å². The Labute approximate surface area is 58.5 Å². The van der Waals surface area contributed by atoms with Gasteiger partial charge in [0.05, 0.1) is 6.07 Å². The molecule has 1 aromatic heterocycles. The fourth-order valence-corrected chi connectivity index (χ4v) is 0.625. The summed E-state index contributed by atoms with van der Waals surface area (Å²) in [6, 6.07) is 2.04. The van der Waals surface area contributed by atoms with Gasteiger partial charge in [-0.15, -0.1) is 0 Å². The minimum atomic E-state index is 0.544. The molecule has 0 amide bonds. The molecule has 0 bridgehead atoms. The molecule has 0 aliphatic carbocycles. The van der Waals surface area contributed by atoms with E-state index in [-0.39, 0.29) is 0 Å². The molecule has 1 rings (SSSR count). The van der Waals surface area contributed by atoms with Gasteiger partial charge in [0, 0.05) is 12.8 Å². The van der Waals surface area contributed by atoms with Crippen molar-refractivity contribution in [1.82, 2.24) is 10.1 Å². The lowest BCUT2D eigenvalue weighted by atomic mass is 10.2. The maximum Gasteiger partial charge on any atom is 0.226 e. The second-order valence-electron chi connectivity index (χ2n) is 1.85. The van der Waals surface area contributed by atoms with Crippen molar-refractivity contribution in [1.29, 1.82) is 5.26 Å². The zero-order valence-electron chi connectivity index (χ0n) is 5.45. The Bertz CT molecular complexity index is 211. The van der Waals surface area contributed by atoms with E-state index in [9.17, 15) is 0 Å². The van der Waals surface area contributed by atoms with Gasteiger partial charge in [-0.2, -0.15) is 10.2 Å². The molecule has 0 saturated carbocycles. The summed E-state index contributed by atoms with van der Waals surface area (Å²) in [6.07, 6.45) is 3.40. The van der Waals surface area contributed by atoms with E-state index in [2.05, 4.69) is 10.1 Å². The highest BCUT2D eigenvalue weighted by Crippen LogP contribution is 1.98. The first-order valence-electron chi connectivity index (χ1n) is 3.06. The topological polar surface area (TPSA) is 62.7 Å². The number of hydrogen-bond acceptors (Lipinski definition) is 4. The highest BCUT2D eigenvalue weighted by atomic mass is 16.5. The van der Waals surface area contributed by atoms with Gasteiger partial charge in [-0.05, 0) is 6.42 Å². The third kappa shape index (κ3) is 1.86. The number of hydrogen-bond donors (Lipinski definition) is 0. The summed E-state index contributed by atoms with van der Waals surface area (Å²) < 4.78 is 4.71. The SMILES string of the molecule is N#CCCCc1ncno1. The molecule has 4 nitrogen and oxygen atoms in total. The van der Waals surface area contributed by atoms with E-state index in [1.165, 1.54) is 6.33 Å². The molecule has 1 heterocycles. The Hall–Kier alpha value is -1.37. The Balaban J connectivity index is 2.23. The molecular weight excluding hydrogens is 130 g/mol. The second-order valence-corrected chi connectivity index (χ2v) is 1.85. The second kappa shape index (κ2) is 3.62. The average Bonchev–Trinajstić information content (AvgIpc) is 2.41. The van der Waals surface area contributed by atoms with E-state index in [0.717, 1.165) is 6.42 Å². The van der Waals surface area contributed by atoms with Crippen LogP contribution in [0.15, 0.2) is 10.9 Å². The van der Waals surface area contributed by atoms with Crippen LogP contribution in [0.5, 0.6) is 0 Å². The summed E-state index contributed by atoms with van der Waals surface area (Å²) in [5.74, 6) is 0.607. The summed E-state index contributed by atoms with van der Waals surface area (Å²) in [6.45, 7) is 0. The fraction of sp³-hybridized carbons (Fsp3) is 0.500. The lowest BCUT2D eigenvalue weighted by Crippen LogP contribution is -1.82.